The summed E-state index contributed by atoms with van der Waals surface area (Å²) in [4.78, 5) is 21.6. The predicted octanol–water partition coefficient (Wildman–Crippen LogP) is 0.705. The molecule has 0 aliphatic carbocycles. The van der Waals surface area contributed by atoms with E-state index in [0.717, 1.165) is 18.2 Å². The highest BCUT2D eigenvalue weighted by atomic mass is 19.1. The van der Waals surface area contributed by atoms with E-state index in [9.17, 15) is 18.4 Å². The average molecular weight is 244 g/mol. The number of nitrogens with one attached hydrogen (secondary N) is 1. The Kier molecular flexibility index (Phi) is 4.11. The number of carbonyl (C=O) groups excluding carboxylic acids is 1. The van der Waals surface area contributed by atoms with Crippen LogP contribution in [0.15, 0.2) is 18.2 Å². The van der Waals surface area contributed by atoms with Gasteiger partial charge in [0, 0.05) is 0 Å². The molecule has 1 atom stereocenters. The van der Waals surface area contributed by atoms with Gasteiger partial charge in [-0.2, -0.15) is 0 Å². The molecular weight excluding hydrogens is 234 g/mol. The first-order valence-corrected chi connectivity index (χ1v) is 4.64. The molecule has 0 saturated heterocycles. The van der Waals surface area contributed by atoms with Crippen molar-refractivity contribution in [2.45, 2.75) is 12.5 Å². The Morgan fingerprint density at radius 3 is 2.35 bits per heavy atom. The number of anilines is 1. The molecule has 17 heavy (non-hydrogen) atoms. The van der Waals surface area contributed by atoms with Gasteiger partial charge in [-0.3, -0.25) is 9.59 Å². The molecule has 0 heterocycles. The lowest BCUT2D eigenvalue weighted by molar-refractivity contribution is -0.138. The molecule has 0 aliphatic rings. The van der Waals surface area contributed by atoms with E-state index in [4.69, 9.17) is 10.8 Å². The van der Waals surface area contributed by atoms with E-state index in [1.165, 1.54) is 0 Å². The fraction of sp³-hybridized carbons (Fsp3) is 0.200. The summed E-state index contributed by atoms with van der Waals surface area (Å²) in [5.41, 5.74) is 4.59. The zero-order valence-corrected chi connectivity index (χ0v) is 8.61. The maximum Gasteiger partial charge on any atom is 0.305 e. The summed E-state index contributed by atoms with van der Waals surface area (Å²) in [5.74, 6) is -4.15. The third-order valence-corrected chi connectivity index (χ3v) is 1.94. The number of carboxylic acids is 1. The summed E-state index contributed by atoms with van der Waals surface area (Å²) < 4.78 is 26.2. The number of rotatable bonds is 4. The molecule has 92 valence electrons. The molecular formula is C10H10F2N2O3. The van der Waals surface area contributed by atoms with Crippen molar-refractivity contribution >= 4 is 17.6 Å². The number of halogens is 2. The van der Waals surface area contributed by atoms with Gasteiger partial charge < -0.3 is 16.2 Å². The number of aliphatic carboxylic acids is 1. The smallest absolute Gasteiger partial charge is 0.305 e. The number of hydrogen-bond donors (Lipinski definition) is 3. The van der Waals surface area contributed by atoms with Gasteiger partial charge in [-0.15, -0.1) is 0 Å². The van der Waals surface area contributed by atoms with E-state index in [-0.39, 0.29) is 0 Å². The number of amides is 1. The Bertz CT molecular complexity index is 431. The Morgan fingerprint density at radius 2 is 1.88 bits per heavy atom. The molecule has 1 aromatic rings. The maximum absolute atomic E-state index is 13.1. The first kappa shape index (κ1) is 13.0. The van der Waals surface area contributed by atoms with E-state index in [1.807, 2.05) is 5.32 Å². The topological polar surface area (TPSA) is 92.4 Å². The fourth-order valence-electron chi connectivity index (χ4n) is 1.11. The highest BCUT2D eigenvalue weighted by molar-refractivity contribution is 5.96. The highest BCUT2D eigenvalue weighted by Crippen LogP contribution is 2.18. The Hall–Kier alpha value is -2.02. The molecule has 0 saturated carbocycles. The SMILES string of the molecule is NC(CC(=O)O)C(=O)Nc1c(F)cccc1F. The van der Waals surface area contributed by atoms with Crippen molar-refractivity contribution < 1.29 is 23.5 Å². The standard InChI is InChI=1S/C10H10F2N2O3/c11-5-2-1-3-6(12)9(5)14-10(17)7(13)4-8(15)16/h1-3,7H,4,13H2,(H,14,17)(H,15,16). The van der Waals surface area contributed by atoms with Gasteiger partial charge in [0.1, 0.15) is 17.3 Å². The molecule has 1 amide bonds. The third-order valence-electron chi connectivity index (χ3n) is 1.94. The molecule has 0 aromatic heterocycles. The van der Waals surface area contributed by atoms with Crippen molar-refractivity contribution in [2.75, 3.05) is 5.32 Å². The van der Waals surface area contributed by atoms with Crippen LogP contribution in [0.1, 0.15) is 6.42 Å². The lowest BCUT2D eigenvalue weighted by Crippen LogP contribution is -2.37. The molecule has 0 radical (unpaired) electrons. The van der Waals surface area contributed by atoms with Crippen molar-refractivity contribution in [3.8, 4) is 0 Å². The molecule has 4 N–H and O–H groups in total. The van der Waals surface area contributed by atoms with Crippen LogP contribution in [0, 0.1) is 11.6 Å². The summed E-state index contributed by atoms with van der Waals surface area (Å²) in [6.45, 7) is 0. The highest BCUT2D eigenvalue weighted by Gasteiger charge is 2.19. The van der Waals surface area contributed by atoms with Crippen LogP contribution < -0.4 is 11.1 Å². The normalized spacial score (nSPS) is 11.9. The second-order valence-electron chi connectivity index (χ2n) is 3.29. The quantitative estimate of drug-likeness (QED) is 0.727. The van der Waals surface area contributed by atoms with Gasteiger partial charge in [-0.05, 0) is 12.1 Å². The summed E-state index contributed by atoms with van der Waals surface area (Å²) in [7, 11) is 0. The molecule has 7 heteroatoms. The number of nitrogens with two attached hydrogens (primary N) is 1. The minimum Gasteiger partial charge on any atom is -0.481 e. The minimum absolute atomic E-state index is 0.623. The summed E-state index contributed by atoms with van der Waals surface area (Å²) in [5, 5.41) is 10.3. The van der Waals surface area contributed by atoms with E-state index >= 15 is 0 Å². The van der Waals surface area contributed by atoms with Crippen LogP contribution in [0.5, 0.6) is 0 Å². The van der Waals surface area contributed by atoms with Gasteiger partial charge in [-0.25, -0.2) is 8.78 Å². The molecule has 1 unspecified atom stereocenters. The van der Waals surface area contributed by atoms with Crippen LogP contribution in [0.25, 0.3) is 0 Å². The van der Waals surface area contributed by atoms with Crippen LogP contribution in [0.2, 0.25) is 0 Å². The van der Waals surface area contributed by atoms with Crippen LogP contribution in [0.4, 0.5) is 14.5 Å². The predicted molar refractivity (Wildman–Crippen MR) is 55.2 cm³/mol. The number of carboxylic acid groups (broad SMARTS) is 1. The second-order valence-corrected chi connectivity index (χ2v) is 3.29. The van der Waals surface area contributed by atoms with Crippen molar-refractivity contribution in [1.82, 2.24) is 0 Å². The zero-order chi connectivity index (χ0) is 13.0. The van der Waals surface area contributed by atoms with Crippen LogP contribution in [-0.2, 0) is 9.59 Å². The zero-order valence-electron chi connectivity index (χ0n) is 8.61. The Morgan fingerprint density at radius 1 is 1.35 bits per heavy atom. The van der Waals surface area contributed by atoms with Crippen molar-refractivity contribution in [1.29, 1.82) is 0 Å². The van der Waals surface area contributed by atoms with E-state index < -0.39 is 41.7 Å². The van der Waals surface area contributed by atoms with Gasteiger partial charge >= 0.3 is 5.97 Å². The monoisotopic (exact) mass is 244 g/mol. The van der Waals surface area contributed by atoms with E-state index in [2.05, 4.69) is 0 Å². The van der Waals surface area contributed by atoms with Crippen molar-refractivity contribution in [3.05, 3.63) is 29.8 Å². The molecule has 1 rings (SSSR count). The van der Waals surface area contributed by atoms with Gasteiger partial charge in [-0.1, -0.05) is 6.07 Å². The van der Waals surface area contributed by atoms with Crippen LogP contribution >= 0.6 is 0 Å². The average Bonchev–Trinajstić information content (AvgIpc) is 2.22. The Balaban J connectivity index is 2.78. The number of hydrogen-bond acceptors (Lipinski definition) is 3. The van der Waals surface area contributed by atoms with Gasteiger partial charge in [0.2, 0.25) is 5.91 Å². The summed E-state index contributed by atoms with van der Waals surface area (Å²) in [6, 6.07) is 1.69. The number of benzene rings is 1. The first-order valence-electron chi connectivity index (χ1n) is 4.64. The van der Waals surface area contributed by atoms with Crippen LogP contribution in [-0.4, -0.2) is 23.0 Å². The van der Waals surface area contributed by atoms with E-state index in [1.54, 1.807) is 0 Å². The first-order chi connectivity index (χ1) is 7.91. The summed E-state index contributed by atoms with van der Waals surface area (Å²) >= 11 is 0. The second kappa shape index (κ2) is 5.35. The number of carbonyl (C=O) groups is 2. The minimum atomic E-state index is -1.37. The molecule has 0 spiro atoms. The van der Waals surface area contributed by atoms with Gasteiger partial charge in [0.05, 0.1) is 12.5 Å². The number of para-hydroxylation sites is 1. The van der Waals surface area contributed by atoms with Crippen molar-refractivity contribution in [3.63, 3.8) is 0 Å². The lowest BCUT2D eigenvalue weighted by atomic mass is 10.2. The molecule has 0 aliphatic heterocycles. The van der Waals surface area contributed by atoms with Gasteiger partial charge in [0.25, 0.3) is 0 Å². The largest absolute Gasteiger partial charge is 0.481 e. The van der Waals surface area contributed by atoms with E-state index in [0.29, 0.717) is 0 Å². The fourth-order valence-corrected chi connectivity index (χ4v) is 1.11. The third kappa shape index (κ3) is 3.49. The summed E-state index contributed by atoms with van der Waals surface area (Å²) in [6.07, 6.45) is -0.623. The molecule has 1 aromatic carbocycles. The maximum atomic E-state index is 13.1. The van der Waals surface area contributed by atoms with Gasteiger partial charge in [0.15, 0.2) is 0 Å². The molecule has 0 fully saturated rings. The van der Waals surface area contributed by atoms with Crippen molar-refractivity contribution in [2.24, 2.45) is 5.73 Å². The molecule has 5 nitrogen and oxygen atoms in total. The van der Waals surface area contributed by atoms with Crippen LogP contribution in [0.3, 0.4) is 0 Å². The lowest BCUT2D eigenvalue weighted by Gasteiger charge is -2.11. The molecule has 0 bridgehead atoms. The Labute approximate surface area is 95.2 Å².